The third-order valence-electron chi connectivity index (χ3n) is 3.74. The van der Waals surface area contributed by atoms with Gasteiger partial charge in [0.05, 0.1) is 0 Å². The fourth-order valence-electron chi connectivity index (χ4n) is 3.04. The van der Waals surface area contributed by atoms with Crippen LogP contribution < -0.4 is 11.5 Å². The molecule has 1 saturated carbocycles. The second kappa shape index (κ2) is 10.8. The Labute approximate surface area is 115 Å². The number of rotatable bonds is 6. The standard InChI is InChI=1S/C14H30N2.C2H6/c1-11(2)8-13(15)10-14(16)9-12-6-4-3-5-7-12;1-2/h11-14H,3-10,15-16H2,1-2H3;1-2H3. The third-order valence-corrected chi connectivity index (χ3v) is 3.74. The maximum atomic E-state index is 6.20. The van der Waals surface area contributed by atoms with Crippen molar-refractivity contribution in [1.82, 2.24) is 0 Å². The van der Waals surface area contributed by atoms with Crippen LogP contribution in [0.15, 0.2) is 0 Å². The molecule has 0 aliphatic heterocycles. The monoisotopic (exact) mass is 256 g/mol. The SMILES string of the molecule is CC.CC(C)CC(N)CC(N)CC1CCCCC1. The summed E-state index contributed by atoms with van der Waals surface area (Å²) >= 11 is 0. The Hall–Kier alpha value is -0.0800. The van der Waals surface area contributed by atoms with Crippen LogP contribution >= 0.6 is 0 Å². The van der Waals surface area contributed by atoms with Crippen molar-refractivity contribution in [3.8, 4) is 0 Å². The van der Waals surface area contributed by atoms with E-state index in [1.807, 2.05) is 13.8 Å². The summed E-state index contributed by atoms with van der Waals surface area (Å²) in [6, 6.07) is 0.635. The molecule has 4 N–H and O–H groups in total. The van der Waals surface area contributed by atoms with Gasteiger partial charge in [-0.25, -0.2) is 0 Å². The fourth-order valence-corrected chi connectivity index (χ4v) is 3.04. The summed E-state index contributed by atoms with van der Waals surface area (Å²) in [6.07, 6.45) is 10.4. The predicted molar refractivity (Wildman–Crippen MR) is 82.6 cm³/mol. The van der Waals surface area contributed by atoms with Gasteiger partial charge in [-0.3, -0.25) is 0 Å². The van der Waals surface area contributed by atoms with Gasteiger partial charge in [-0.2, -0.15) is 0 Å². The van der Waals surface area contributed by atoms with Gasteiger partial charge < -0.3 is 11.5 Å². The number of hydrogen-bond acceptors (Lipinski definition) is 2. The molecule has 0 aromatic heterocycles. The molecule has 1 fully saturated rings. The first-order chi connectivity index (χ1) is 8.58. The average molecular weight is 256 g/mol. The highest BCUT2D eigenvalue weighted by atomic mass is 14.7. The van der Waals surface area contributed by atoms with E-state index in [4.69, 9.17) is 11.5 Å². The second-order valence-corrected chi connectivity index (χ2v) is 6.13. The molecule has 0 radical (unpaired) electrons. The summed E-state index contributed by atoms with van der Waals surface area (Å²) in [6.45, 7) is 8.46. The van der Waals surface area contributed by atoms with Crippen LogP contribution in [-0.2, 0) is 0 Å². The zero-order valence-electron chi connectivity index (χ0n) is 13.1. The second-order valence-electron chi connectivity index (χ2n) is 6.13. The van der Waals surface area contributed by atoms with Crippen molar-refractivity contribution >= 4 is 0 Å². The Bertz CT molecular complexity index is 174. The topological polar surface area (TPSA) is 52.0 Å². The van der Waals surface area contributed by atoms with Crippen molar-refractivity contribution in [2.45, 2.75) is 91.1 Å². The molecule has 2 atom stereocenters. The minimum Gasteiger partial charge on any atom is -0.328 e. The summed E-state index contributed by atoms with van der Waals surface area (Å²) in [5, 5.41) is 0. The Morgan fingerprint density at radius 1 is 0.889 bits per heavy atom. The highest BCUT2D eigenvalue weighted by Crippen LogP contribution is 2.27. The normalized spacial score (nSPS) is 20.2. The van der Waals surface area contributed by atoms with Crippen LogP contribution in [0.3, 0.4) is 0 Å². The largest absolute Gasteiger partial charge is 0.328 e. The molecule has 0 aromatic rings. The van der Waals surface area contributed by atoms with E-state index in [1.165, 1.54) is 38.5 Å². The van der Waals surface area contributed by atoms with Crippen LogP contribution in [0.2, 0.25) is 0 Å². The summed E-state index contributed by atoms with van der Waals surface area (Å²) < 4.78 is 0. The van der Waals surface area contributed by atoms with Crippen molar-refractivity contribution in [3.63, 3.8) is 0 Å². The molecule has 0 bridgehead atoms. The van der Waals surface area contributed by atoms with Crippen molar-refractivity contribution in [2.75, 3.05) is 0 Å². The molecule has 0 aromatic carbocycles. The molecule has 18 heavy (non-hydrogen) atoms. The molecule has 0 saturated heterocycles. The molecule has 2 heteroatoms. The minimum atomic E-state index is 0.304. The molecule has 1 aliphatic rings. The smallest absolute Gasteiger partial charge is 0.00561 e. The number of nitrogens with two attached hydrogens (primary N) is 2. The van der Waals surface area contributed by atoms with Gasteiger partial charge in [0.2, 0.25) is 0 Å². The first-order valence-electron chi connectivity index (χ1n) is 8.09. The molecule has 1 rings (SSSR count). The predicted octanol–water partition coefficient (Wildman–Crippen LogP) is 4.07. The van der Waals surface area contributed by atoms with Crippen LogP contribution in [0.1, 0.15) is 79.1 Å². The Morgan fingerprint density at radius 3 is 1.94 bits per heavy atom. The van der Waals surface area contributed by atoms with Crippen LogP contribution in [0.4, 0.5) is 0 Å². The van der Waals surface area contributed by atoms with E-state index in [9.17, 15) is 0 Å². The summed E-state index contributed by atoms with van der Waals surface area (Å²) in [7, 11) is 0. The lowest BCUT2D eigenvalue weighted by Crippen LogP contribution is -2.34. The van der Waals surface area contributed by atoms with Gasteiger partial charge in [0, 0.05) is 12.1 Å². The highest BCUT2D eigenvalue weighted by molar-refractivity contribution is 4.76. The Kier molecular flexibility index (Phi) is 10.8. The van der Waals surface area contributed by atoms with Gasteiger partial charge in [-0.1, -0.05) is 59.8 Å². The molecule has 0 spiro atoms. The Balaban J connectivity index is 0.00000137. The molecule has 2 nitrogen and oxygen atoms in total. The van der Waals surface area contributed by atoms with E-state index in [2.05, 4.69) is 13.8 Å². The zero-order valence-corrected chi connectivity index (χ0v) is 13.1. The summed E-state index contributed by atoms with van der Waals surface area (Å²) in [5.74, 6) is 1.58. The molecule has 1 aliphatic carbocycles. The van der Waals surface area contributed by atoms with E-state index < -0.39 is 0 Å². The first kappa shape index (κ1) is 17.9. The van der Waals surface area contributed by atoms with Gasteiger partial charge in [-0.15, -0.1) is 0 Å². The number of hydrogen-bond donors (Lipinski definition) is 2. The lowest BCUT2D eigenvalue weighted by Gasteiger charge is -2.26. The molecule has 0 heterocycles. The summed E-state index contributed by atoms with van der Waals surface area (Å²) in [5.41, 5.74) is 12.3. The van der Waals surface area contributed by atoms with Gasteiger partial charge >= 0.3 is 0 Å². The molecule has 110 valence electrons. The van der Waals surface area contributed by atoms with E-state index in [-0.39, 0.29) is 0 Å². The fraction of sp³-hybridized carbons (Fsp3) is 1.00. The lowest BCUT2D eigenvalue weighted by atomic mass is 9.83. The van der Waals surface area contributed by atoms with Gasteiger partial charge in [-0.05, 0) is 31.1 Å². The zero-order chi connectivity index (χ0) is 14.0. The molecular formula is C16H36N2. The van der Waals surface area contributed by atoms with Gasteiger partial charge in [0.15, 0.2) is 0 Å². The van der Waals surface area contributed by atoms with Crippen LogP contribution in [0.25, 0.3) is 0 Å². The van der Waals surface area contributed by atoms with Crippen molar-refractivity contribution in [3.05, 3.63) is 0 Å². The quantitative estimate of drug-likeness (QED) is 0.752. The van der Waals surface area contributed by atoms with E-state index >= 15 is 0 Å². The van der Waals surface area contributed by atoms with E-state index in [0.717, 1.165) is 18.8 Å². The van der Waals surface area contributed by atoms with Crippen molar-refractivity contribution < 1.29 is 0 Å². The molecular weight excluding hydrogens is 220 g/mol. The third kappa shape index (κ3) is 8.93. The lowest BCUT2D eigenvalue weighted by molar-refractivity contribution is 0.302. The van der Waals surface area contributed by atoms with E-state index in [1.54, 1.807) is 0 Å². The minimum absolute atomic E-state index is 0.304. The van der Waals surface area contributed by atoms with Gasteiger partial charge in [0.25, 0.3) is 0 Å². The van der Waals surface area contributed by atoms with Crippen LogP contribution in [0, 0.1) is 11.8 Å². The maximum absolute atomic E-state index is 6.20. The van der Waals surface area contributed by atoms with E-state index in [0.29, 0.717) is 18.0 Å². The van der Waals surface area contributed by atoms with Crippen LogP contribution in [-0.4, -0.2) is 12.1 Å². The Morgan fingerprint density at radius 2 is 1.44 bits per heavy atom. The highest BCUT2D eigenvalue weighted by Gasteiger charge is 2.18. The molecule has 2 unspecified atom stereocenters. The summed E-state index contributed by atoms with van der Waals surface area (Å²) in [4.78, 5) is 0. The van der Waals surface area contributed by atoms with Crippen molar-refractivity contribution in [1.29, 1.82) is 0 Å². The molecule has 0 amide bonds. The average Bonchev–Trinajstić information content (AvgIpc) is 2.31. The van der Waals surface area contributed by atoms with Crippen LogP contribution in [0.5, 0.6) is 0 Å². The maximum Gasteiger partial charge on any atom is 0.00561 e. The van der Waals surface area contributed by atoms with Crippen molar-refractivity contribution in [2.24, 2.45) is 23.3 Å². The first-order valence-corrected chi connectivity index (χ1v) is 8.09. The van der Waals surface area contributed by atoms with Gasteiger partial charge in [0.1, 0.15) is 0 Å².